The van der Waals surface area contributed by atoms with Crippen molar-refractivity contribution in [2.24, 2.45) is 0 Å². The fourth-order valence-corrected chi connectivity index (χ4v) is 2.22. The van der Waals surface area contributed by atoms with E-state index in [0.29, 0.717) is 6.54 Å². The Morgan fingerprint density at radius 3 is 2.22 bits per heavy atom. The van der Waals surface area contributed by atoms with Gasteiger partial charge in [-0.1, -0.05) is 11.6 Å². The third kappa shape index (κ3) is 2.61. The number of carbonyl (C=O) groups is 1. The zero-order chi connectivity index (χ0) is 14.0. The molecule has 3 nitrogen and oxygen atoms in total. The Labute approximate surface area is 114 Å². The van der Waals surface area contributed by atoms with Crippen LogP contribution in [-0.4, -0.2) is 25.0 Å². The molecule has 1 aromatic carbocycles. The first-order valence-electron chi connectivity index (χ1n) is 5.85. The molecule has 0 radical (unpaired) electrons. The molecule has 0 saturated carbocycles. The van der Waals surface area contributed by atoms with Gasteiger partial charge in [-0.3, -0.25) is 4.79 Å². The molecule has 1 amide bonds. The summed E-state index contributed by atoms with van der Waals surface area (Å²) in [5.74, 6) is 0.841. The molecular weight excluding hydrogens is 250 g/mol. The number of hydrogen-bond acceptors (Lipinski definition) is 2. The highest BCUT2D eigenvalue weighted by Crippen LogP contribution is 2.36. The highest BCUT2D eigenvalue weighted by molar-refractivity contribution is 6.32. The van der Waals surface area contributed by atoms with Crippen LogP contribution in [0.4, 0.5) is 0 Å². The van der Waals surface area contributed by atoms with E-state index in [1.54, 1.807) is 26.0 Å². The maximum atomic E-state index is 11.3. The fourth-order valence-electron chi connectivity index (χ4n) is 1.96. The molecule has 100 valence electrons. The van der Waals surface area contributed by atoms with Crippen LogP contribution in [0.1, 0.15) is 29.2 Å². The van der Waals surface area contributed by atoms with Crippen LogP contribution in [0.25, 0.3) is 0 Å². The standard InChI is InChI=1S/C14H20ClNO2/c1-8-9(2)14(18-6)12(10(3)13(8)15)7-16(5)11(4)17/h7H2,1-6H3. The molecule has 0 bridgehead atoms. The molecule has 0 spiro atoms. The minimum absolute atomic E-state index is 0.0193. The summed E-state index contributed by atoms with van der Waals surface area (Å²) in [6.07, 6.45) is 0. The SMILES string of the molecule is COc1c(C)c(C)c(Cl)c(C)c1CN(C)C(C)=O. The summed E-state index contributed by atoms with van der Waals surface area (Å²) >= 11 is 6.32. The summed E-state index contributed by atoms with van der Waals surface area (Å²) < 4.78 is 5.48. The first-order valence-corrected chi connectivity index (χ1v) is 6.22. The second-order valence-electron chi connectivity index (χ2n) is 4.58. The number of amides is 1. The monoisotopic (exact) mass is 269 g/mol. The van der Waals surface area contributed by atoms with Gasteiger partial charge in [0.25, 0.3) is 0 Å². The van der Waals surface area contributed by atoms with E-state index >= 15 is 0 Å². The molecule has 1 rings (SSSR count). The molecule has 4 heteroatoms. The van der Waals surface area contributed by atoms with Crippen molar-refractivity contribution in [3.8, 4) is 5.75 Å². The first kappa shape index (κ1) is 14.8. The summed E-state index contributed by atoms with van der Waals surface area (Å²) in [6, 6.07) is 0. The Morgan fingerprint density at radius 1 is 1.22 bits per heavy atom. The van der Waals surface area contributed by atoms with Crippen LogP contribution in [0, 0.1) is 20.8 Å². The Kier molecular flexibility index (Phi) is 4.63. The maximum Gasteiger partial charge on any atom is 0.219 e. The Balaban J connectivity index is 3.38. The van der Waals surface area contributed by atoms with E-state index in [4.69, 9.17) is 16.3 Å². The van der Waals surface area contributed by atoms with Crippen molar-refractivity contribution < 1.29 is 9.53 Å². The van der Waals surface area contributed by atoms with Crippen LogP contribution < -0.4 is 4.74 Å². The number of nitrogens with zero attached hydrogens (tertiary/aromatic N) is 1. The summed E-state index contributed by atoms with van der Waals surface area (Å²) in [5.41, 5.74) is 4.01. The van der Waals surface area contributed by atoms with Gasteiger partial charge in [-0.15, -0.1) is 0 Å². The van der Waals surface area contributed by atoms with Gasteiger partial charge in [-0.05, 0) is 37.5 Å². The van der Waals surface area contributed by atoms with Crippen molar-refractivity contribution in [3.63, 3.8) is 0 Å². The van der Waals surface area contributed by atoms with Crippen LogP contribution >= 0.6 is 11.6 Å². The van der Waals surface area contributed by atoms with Crippen LogP contribution in [0.3, 0.4) is 0 Å². The summed E-state index contributed by atoms with van der Waals surface area (Å²) in [6.45, 7) is 7.97. The van der Waals surface area contributed by atoms with E-state index in [1.807, 2.05) is 20.8 Å². The van der Waals surface area contributed by atoms with Gasteiger partial charge in [-0.2, -0.15) is 0 Å². The third-order valence-electron chi connectivity index (χ3n) is 3.43. The Bertz CT molecular complexity index is 483. The normalized spacial score (nSPS) is 10.4. The van der Waals surface area contributed by atoms with Crippen LogP contribution in [0.2, 0.25) is 5.02 Å². The average molecular weight is 270 g/mol. The highest BCUT2D eigenvalue weighted by atomic mass is 35.5. The molecule has 0 heterocycles. The molecular formula is C14H20ClNO2. The van der Waals surface area contributed by atoms with Gasteiger partial charge in [0.1, 0.15) is 5.75 Å². The molecule has 0 unspecified atom stereocenters. The molecule has 1 aromatic rings. The predicted octanol–water partition coefficient (Wildman–Crippen LogP) is 3.25. The van der Waals surface area contributed by atoms with E-state index in [9.17, 15) is 4.79 Å². The highest BCUT2D eigenvalue weighted by Gasteiger charge is 2.18. The number of carbonyl (C=O) groups excluding carboxylic acids is 1. The second-order valence-corrected chi connectivity index (χ2v) is 4.95. The lowest BCUT2D eigenvalue weighted by atomic mass is 9.98. The van der Waals surface area contributed by atoms with Crippen LogP contribution in [-0.2, 0) is 11.3 Å². The predicted molar refractivity (Wildman–Crippen MR) is 74.4 cm³/mol. The lowest BCUT2D eigenvalue weighted by Crippen LogP contribution is -2.24. The van der Waals surface area contributed by atoms with Gasteiger partial charge < -0.3 is 9.64 Å². The molecule has 0 saturated heterocycles. The number of ether oxygens (including phenoxy) is 1. The lowest BCUT2D eigenvalue weighted by Gasteiger charge is -2.22. The minimum Gasteiger partial charge on any atom is -0.496 e. The molecule has 0 N–H and O–H groups in total. The second kappa shape index (κ2) is 5.61. The van der Waals surface area contributed by atoms with Crippen molar-refractivity contribution in [3.05, 3.63) is 27.3 Å². The molecule has 18 heavy (non-hydrogen) atoms. The van der Waals surface area contributed by atoms with Crippen molar-refractivity contribution in [1.29, 1.82) is 0 Å². The third-order valence-corrected chi connectivity index (χ3v) is 3.99. The van der Waals surface area contributed by atoms with E-state index in [0.717, 1.165) is 33.0 Å². The molecule has 0 atom stereocenters. The molecule has 0 fully saturated rings. The Morgan fingerprint density at radius 2 is 1.78 bits per heavy atom. The van der Waals surface area contributed by atoms with E-state index in [-0.39, 0.29) is 5.91 Å². The number of methoxy groups -OCH3 is 1. The lowest BCUT2D eigenvalue weighted by molar-refractivity contribution is -0.128. The number of halogens is 1. The van der Waals surface area contributed by atoms with Gasteiger partial charge in [0.2, 0.25) is 5.91 Å². The van der Waals surface area contributed by atoms with Gasteiger partial charge in [-0.25, -0.2) is 0 Å². The van der Waals surface area contributed by atoms with Crippen molar-refractivity contribution in [2.45, 2.75) is 34.2 Å². The first-order chi connectivity index (χ1) is 8.31. The quantitative estimate of drug-likeness (QED) is 0.843. The van der Waals surface area contributed by atoms with Crippen molar-refractivity contribution >= 4 is 17.5 Å². The smallest absolute Gasteiger partial charge is 0.219 e. The zero-order valence-electron chi connectivity index (χ0n) is 11.8. The average Bonchev–Trinajstić information content (AvgIpc) is 2.33. The number of hydrogen-bond donors (Lipinski definition) is 0. The topological polar surface area (TPSA) is 29.5 Å². The van der Waals surface area contributed by atoms with E-state index in [1.165, 1.54) is 0 Å². The van der Waals surface area contributed by atoms with Gasteiger partial charge >= 0.3 is 0 Å². The number of benzene rings is 1. The summed E-state index contributed by atoms with van der Waals surface area (Å²) in [5, 5.41) is 0.750. The van der Waals surface area contributed by atoms with Crippen molar-refractivity contribution in [1.82, 2.24) is 4.90 Å². The minimum atomic E-state index is 0.0193. The molecule has 0 aliphatic heterocycles. The van der Waals surface area contributed by atoms with Gasteiger partial charge in [0.15, 0.2) is 0 Å². The van der Waals surface area contributed by atoms with Gasteiger partial charge in [0, 0.05) is 31.1 Å². The van der Waals surface area contributed by atoms with E-state index in [2.05, 4.69) is 0 Å². The molecule has 0 aromatic heterocycles. The largest absolute Gasteiger partial charge is 0.496 e. The van der Waals surface area contributed by atoms with Crippen molar-refractivity contribution in [2.75, 3.05) is 14.2 Å². The molecule has 0 aliphatic rings. The van der Waals surface area contributed by atoms with Crippen LogP contribution in [0.15, 0.2) is 0 Å². The Hall–Kier alpha value is -1.22. The summed E-state index contributed by atoms with van der Waals surface area (Å²) in [4.78, 5) is 13.0. The fraction of sp³-hybridized carbons (Fsp3) is 0.500. The summed E-state index contributed by atoms with van der Waals surface area (Å²) in [7, 11) is 3.41. The maximum absolute atomic E-state index is 11.3. The van der Waals surface area contributed by atoms with Crippen LogP contribution in [0.5, 0.6) is 5.75 Å². The number of rotatable bonds is 3. The molecule has 0 aliphatic carbocycles. The van der Waals surface area contributed by atoms with E-state index < -0.39 is 0 Å². The van der Waals surface area contributed by atoms with Gasteiger partial charge in [0.05, 0.1) is 7.11 Å². The zero-order valence-corrected chi connectivity index (χ0v) is 12.6.